The zero-order chi connectivity index (χ0) is 12.5. The fourth-order valence-corrected chi connectivity index (χ4v) is 1.60. The molecule has 0 bridgehead atoms. The van der Waals surface area contributed by atoms with Crippen molar-refractivity contribution < 1.29 is 4.79 Å². The highest BCUT2D eigenvalue weighted by atomic mass is 35.5. The van der Waals surface area contributed by atoms with Crippen LogP contribution >= 0.6 is 23.2 Å². The first-order valence-electron chi connectivity index (χ1n) is 5.26. The molecule has 0 saturated heterocycles. The van der Waals surface area contributed by atoms with E-state index in [0.717, 1.165) is 5.56 Å². The van der Waals surface area contributed by atoms with Crippen LogP contribution in [0.15, 0.2) is 35.4 Å². The van der Waals surface area contributed by atoms with Crippen LogP contribution in [-0.2, 0) is 11.2 Å². The lowest BCUT2D eigenvalue weighted by molar-refractivity contribution is -0.121. The van der Waals surface area contributed by atoms with Crippen LogP contribution in [0, 0.1) is 0 Å². The van der Waals surface area contributed by atoms with Crippen molar-refractivity contribution in [1.29, 1.82) is 0 Å². The van der Waals surface area contributed by atoms with E-state index in [1.165, 1.54) is 0 Å². The first-order chi connectivity index (χ1) is 8.26. The molecule has 1 amide bonds. The number of hydrogen-bond donors (Lipinski definition) is 1. The summed E-state index contributed by atoms with van der Waals surface area (Å²) in [6.45, 7) is 0. The molecule has 0 unspecified atom stereocenters. The van der Waals surface area contributed by atoms with Crippen molar-refractivity contribution >= 4 is 34.8 Å². The third kappa shape index (κ3) is 5.71. The van der Waals surface area contributed by atoms with Gasteiger partial charge in [-0.2, -0.15) is 5.10 Å². The lowest BCUT2D eigenvalue weighted by Gasteiger charge is -2.02. The molecule has 92 valence electrons. The number of hydrogen-bond acceptors (Lipinski definition) is 2. The maximum absolute atomic E-state index is 11.4. The molecule has 1 N–H and O–H groups in total. The lowest BCUT2D eigenvalue weighted by atomic mass is 10.1. The number of carbonyl (C=O) groups excluding carboxylic acids is 1. The normalized spacial score (nSPS) is 9.76. The van der Waals surface area contributed by atoms with E-state index in [1.807, 2.05) is 30.3 Å². The Hall–Kier alpha value is -1.06. The number of nitrogens with one attached hydrogen (secondary N) is 1. The second kappa shape index (κ2) is 8.09. The molecular weight excluding hydrogens is 259 g/mol. The Morgan fingerprint density at radius 2 is 1.82 bits per heavy atom. The molecule has 1 aromatic carbocycles. The number of benzene rings is 1. The summed E-state index contributed by atoms with van der Waals surface area (Å²) in [5.41, 5.74) is 4.12. The monoisotopic (exact) mass is 272 g/mol. The second-order valence-electron chi connectivity index (χ2n) is 3.47. The smallest absolute Gasteiger partial charge is 0.240 e. The largest absolute Gasteiger partial charge is 0.273 e. The van der Waals surface area contributed by atoms with E-state index in [-0.39, 0.29) is 17.7 Å². The van der Waals surface area contributed by atoms with Crippen LogP contribution in [0.5, 0.6) is 0 Å². The molecule has 0 spiro atoms. The van der Waals surface area contributed by atoms with E-state index in [0.29, 0.717) is 18.6 Å². The zero-order valence-electron chi connectivity index (χ0n) is 9.33. The van der Waals surface area contributed by atoms with Gasteiger partial charge >= 0.3 is 0 Å². The standard InChI is InChI=1S/C12H14Cl2N2O/c13-8-11(9-14)15-16-12(17)7-6-10-4-2-1-3-5-10/h1-5H,6-9H2,(H,16,17). The number of rotatable bonds is 6. The predicted octanol–water partition coefficient (Wildman–Crippen LogP) is 2.57. The summed E-state index contributed by atoms with van der Waals surface area (Å²) in [6.07, 6.45) is 1.09. The molecule has 0 heterocycles. The Morgan fingerprint density at radius 1 is 1.18 bits per heavy atom. The molecule has 0 saturated carbocycles. The highest BCUT2D eigenvalue weighted by molar-refractivity contribution is 6.36. The first kappa shape index (κ1) is 14.0. The maximum atomic E-state index is 11.4. The van der Waals surface area contributed by atoms with Crippen LogP contribution in [0.25, 0.3) is 0 Å². The molecule has 0 aliphatic heterocycles. The van der Waals surface area contributed by atoms with Crippen molar-refractivity contribution in [1.82, 2.24) is 5.43 Å². The second-order valence-corrected chi connectivity index (χ2v) is 4.00. The Labute approximate surface area is 111 Å². The van der Waals surface area contributed by atoms with Gasteiger partial charge in [-0.1, -0.05) is 30.3 Å². The lowest BCUT2D eigenvalue weighted by Crippen LogP contribution is -2.21. The van der Waals surface area contributed by atoms with Gasteiger partial charge in [0.25, 0.3) is 0 Å². The molecule has 1 rings (SSSR count). The fraction of sp³-hybridized carbons (Fsp3) is 0.333. The van der Waals surface area contributed by atoms with Gasteiger partial charge in [-0.3, -0.25) is 4.79 Å². The van der Waals surface area contributed by atoms with Crippen molar-refractivity contribution in [2.24, 2.45) is 5.10 Å². The van der Waals surface area contributed by atoms with Crippen molar-refractivity contribution in [3.8, 4) is 0 Å². The van der Waals surface area contributed by atoms with Crippen LogP contribution in [0.3, 0.4) is 0 Å². The molecule has 1 aromatic rings. The summed E-state index contributed by atoms with van der Waals surface area (Å²) >= 11 is 11.1. The van der Waals surface area contributed by atoms with Crippen LogP contribution in [0.4, 0.5) is 0 Å². The van der Waals surface area contributed by atoms with Gasteiger partial charge in [0.05, 0.1) is 17.5 Å². The van der Waals surface area contributed by atoms with Crippen molar-refractivity contribution in [2.45, 2.75) is 12.8 Å². The minimum absolute atomic E-state index is 0.137. The fourth-order valence-electron chi connectivity index (χ4n) is 1.20. The van der Waals surface area contributed by atoms with Gasteiger partial charge in [-0.05, 0) is 12.0 Å². The average molecular weight is 273 g/mol. The minimum Gasteiger partial charge on any atom is -0.273 e. The number of nitrogens with zero attached hydrogens (tertiary/aromatic N) is 1. The molecule has 3 nitrogen and oxygen atoms in total. The Balaban J connectivity index is 2.33. The van der Waals surface area contributed by atoms with Gasteiger partial charge in [0.2, 0.25) is 5.91 Å². The van der Waals surface area contributed by atoms with Gasteiger partial charge in [-0.15, -0.1) is 23.2 Å². The number of carbonyl (C=O) groups is 1. The minimum atomic E-state index is -0.137. The molecule has 0 aromatic heterocycles. The molecule has 0 atom stereocenters. The Kier molecular flexibility index (Phi) is 6.67. The molecule has 0 fully saturated rings. The summed E-state index contributed by atoms with van der Waals surface area (Å²) < 4.78 is 0. The number of amides is 1. The van der Waals surface area contributed by atoms with E-state index in [9.17, 15) is 4.79 Å². The van der Waals surface area contributed by atoms with Gasteiger partial charge < -0.3 is 0 Å². The summed E-state index contributed by atoms with van der Waals surface area (Å²) in [5.74, 6) is 0.312. The summed E-state index contributed by atoms with van der Waals surface area (Å²) in [6, 6.07) is 9.81. The number of aryl methyl sites for hydroxylation is 1. The summed E-state index contributed by atoms with van der Waals surface area (Å²) in [4.78, 5) is 11.4. The maximum Gasteiger partial charge on any atom is 0.240 e. The highest BCUT2D eigenvalue weighted by Crippen LogP contribution is 2.02. The number of halogens is 2. The Morgan fingerprint density at radius 3 is 2.41 bits per heavy atom. The first-order valence-corrected chi connectivity index (χ1v) is 6.33. The quantitative estimate of drug-likeness (QED) is 0.483. The predicted molar refractivity (Wildman–Crippen MR) is 71.8 cm³/mol. The van der Waals surface area contributed by atoms with E-state index in [4.69, 9.17) is 23.2 Å². The average Bonchev–Trinajstić information content (AvgIpc) is 2.39. The number of alkyl halides is 2. The van der Waals surface area contributed by atoms with Gasteiger partial charge in [-0.25, -0.2) is 5.43 Å². The molecule has 0 radical (unpaired) electrons. The third-order valence-corrected chi connectivity index (χ3v) is 2.75. The summed E-state index contributed by atoms with van der Waals surface area (Å²) in [5, 5.41) is 3.83. The van der Waals surface area contributed by atoms with Crippen LogP contribution in [-0.4, -0.2) is 23.4 Å². The van der Waals surface area contributed by atoms with Crippen LogP contribution in [0.2, 0.25) is 0 Å². The topological polar surface area (TPSA) is 41.5 Å². The SMILES string of the molecule is O=C(CCc1ccccc1)NN=C(CCl)CCl. The molecule has 5 heteroatoms. The van der Waals surface area contributed by atoms with Gasteiger partial charge in [0, 0.05) is 6.42 Å². The Bertz CT molecular complexity index is 373. The molecular formula is C12H14Cl2N2O. The van der Waals surface area contributed by atoms with Crippen molar-refractivity contribution in [2.75, 3.05) is 11.8 Å². The van der Waals surface area contributed by atoms with Crippen LogP contribution in [0.1, 0.15) is 12.0 Å². The molecule has 0 aliphatic carbocycles. The number of hydrazone groups is 1. The highest BCUT2D eigenvalue weighted by Gasteiger charge is 2.01. The third-order valence-electron chi connectivity index (χ3n) is 2.13. The van der Waals surface area contributed by atoms with Crippen LogP contribution < -0.4 is 5.43 Å². The van der Waals surface area contributed by atoms with E-state index < -0.39 is 0 Å². The van der Waals surface area contributed by atoms with Crippen molar-refractivity contribution in [3.63, 3.8) is 0 Å². The zero-order valence-corrected chi connectivity index (χ0v) is 10.8. The van der Waals surface area contributed by atoms with Gasteiger partial charge in [0.1, 0.15) is 0 Å². The van der Waals surface area contributed by atoms with E-state index in [2.05, 4.69) is 10.5 Å². The molecule has 17 heavy (non-hydrogen) atoms. The van der Waals surface area contributed by atoms with Gasteiger partial charge in [0.15, 0.2) is 0 Å². The molecule has 0 aliphatic rings. The van der Waals surface area contributed by atoms with E-state index >= 15 is 0 Å². The summed E-state index contributed by atoms with van der Waals surface area (Å²) in [7, 11) is 0. The van der Waals surface area contributed by atoms with E-state index in [1.54, 1.807) is 0 Å². The van der Waals surface area contributed by atoms with Crippen molar-refractivity contribution in [3.05, 3.63) is 35.9 Å².